The lowest BCUT2D eigenvalue weighted by Crippen LogP contribution is -1.97. The highest BCUT2D eigenvalue weighted by Gasteiger charge is 2.17. The second kappa shape index (κ2) is 4.49. The molecule has 0 aliphatic carbocycles. The maximum absolute atomic E-state index is 11.9. The smallest absolute Gasteiger partial charge is 0.246 e. The summed E-state index contributed by atoms with van der Waals surface area (Å²) in [6, 6.07) is 2.83. The molecule has 0 saturated heterocycles. The Morgan fingerprint density at radius 2 is 2.15 bits per heavy atom. The number of phenolic OH excluding ortho intramolecular Hbond substituents is 2. The number of ether oxygens (including phenoxy) is 1. The van der Waals surface area contributed by atoms with Gasteiger partial charge in [-0.25, -0.2) is 4.98 Å². The van der Waals surface area contributed by atoms with Gasteiger partial charge in [0.15, 0.2) is 17.1 Å². The third-order valence-electron chi connectivity index (χ3n) is 2.79. The number of nitrogens with one attached hydrogen (secondary N) is 1. The van der Waals surface area contributed by atoms with E-state index in [0.717, 1.165) is 11.3 Å². The largest absolute Gasteiger partial charge is 0.504 e. The molecule has 2 aromatic heterocycles. The molecule has 0 atom stereocenters. The Balaban J connectivity index is 2.28. The fraction of sp³-hybridized carbons (Fsp3) is 0.0833. The van der Waals surface area contributed by atoms with Gasteiger partial charge in [-0.15, -0.1) is 0 Å². The molecule has 0 radical (unpaired) electrons. The van der Waals surface area contributed by atoms with Crippen LogP contribution >= 0.6 is 11.3 Å². The maximum atomic E-state index is 11.9. The second-order valence-corrected chi connectivity index (χ2v) is 4.91. The quantitative estimate of drug-likeness (QED) is 0.659. The van der Waals surface area contributed by atoms with Crippen molar-refractivity contribution in [3.05, 3.63) is 27.9 Å². The van der Waals surface area contributed by atoms with Crippen LogP contribution in [0, 0.1) is 0 Å². The van der Waals surface area contributed by atoms with Gasteiger partial charge in [0, 0.05) is 0 Å². The van der Waals surface area contributed by atoms with Gasteiger partial charge in [-0.05, 0) is 12.1 Å². The number of phenols is 2. The molecule has 0 spiro atoms. The molecule has 0 bridgehead atoms. The first-order valence-electron chi connectivity index (χ1n) is 5.55. The van der Waals surface area contributed by atoms with Crippen molar-refractivity contribution in [2.45, 2.75) is 0 Å². The SMILES string of the molecule is COc1c(O)ccc(-c2nc3[nH]ncc3c(=O)s2)c1O. The maximum Gasteiger partial charge on any atom is 0.246 e. The van der Waals surface area contributed by atoms with Crippen LogP contribution in [0.1, 0.15) is 0 Å². The Labute approximate surface area is 116 Å². The second-order valence-electron chi connectivity index (χ2n) is 3.95. The molecule has 3 aromatic rings. The van der Waals surface area contributed by atoms with Gasteiger partial charge in [0.2, 0.25) is 10.5 Å². The Kier molecular flexibility index (Phi) is 2.79. The summed E-state index contributed by atoms with van der Waals surface area (Å²) in [7, 11) is 1.33. The summed E-state index contributed by atoms with van der Waals surface area (Å²) in [6.07, 6.45) is 1.40. The van der Waals surface area contributed by atoms with Crippen LogP contribution in [0.25, 0.3) is 21.6 Å². The molecule has 20 heavy (non-hydrogen) atoms. The van der Waals surface area contributed by atoms with Gasteiger partial charge in [0.25, 0.3) is 0 Å². The van der Waals surface area contributed by atoms with Crippen molar-refractivity contribution >= 4 is 22.4 Å². The van der Waals surface area contributed by atoms with Crippen LogP contribution in [-0.4, -0.2) is 32.5 Å². The van der Waals surface area contributed by atoms with Crippen molar-refractivity contribution in [2.24, 2.45) is 0 Å². The van der Waals surface area contributed by atoms with E-state index >= 15 is 0 Å². The van der Waals surface area contributed by atoms with Gasteiger partial charge < -0.3 is 14.9 Å². The zero-order valence-electron chi connectivity index (χ0n) is 10.2. The summed E-state index contributed by atoms with van der Waals surface area (Å²) < 4.78 is 4.70. The number of rotatable bonds is 2. The number of aromatic hydroxyl groups is 2. The lowest BCUT2D eigenvalue weighted by atomic mass is 10.2. The summed E-state index contributed by atoms with van der Waals surface area (Å²) in [5, 5.41) is 26.7. The molecule has 0 aliphatic rings. The third kappa shape index (κ3) is 1.77. The third-order valence-corrected chi connectivity index (χ3v) is 3.70. The molecule has 102 valence electrons. The predicted molar refractivity (Wildman–Crippen MR) is 73.4 cm³/mol. The summed E-state index contributed by atoms with van der Waals surface area (Å²) in [6.45, 7) is 0. The van der Waals surface area contributed by atoms with Crippen LogP contribution in [0.4, 0.5) is 0 Å². The van der Waals surface area contributed by atoms with Gasteiger partial charge in [0.05, 0.1) is 24.3 Å². The zero-order valence-corrected chi connectivity index (χ0v) is 11.1. The van der Waals surface area contributed by atoms with Crippen LogP contribution < -0.4 is 9.48 Å². The first-order valence-corrected chi connectivity index (χ1v) is 6.37. The number of hydrogen-bond donors (Lipinski definition) is 3. The van der Waals surface area contributed by atoms with Gasteiger partial charge in [-0.2, -0.15) is 5.10 Å². The Bertz CT molecular complexity index is 856. The van der Waals surface area contributed by atoms with E-state index in [4.69, 9.17) is 4.74 Å². The van der Waals surface area contributed by atoms with E-state index in [1.54, 1.807) is 0 Å². The number of aromatic nitrogens is 3. The molecule has 7 nitrogen and oxygen atoms in total. The standard InChI is InChI=1S/C12H9N3O4S/c1-19-9-7(16)3-2-5(8(9)17)11-14-10-6(4-13-15-10)12(18)20-11/h2-4,16-17H,1H3,(H,13,15). The zero-order chi connectivity index (χ0) is 14.3. The average molecular weight is 291 g/mol. The van der Waals surface area contributed by atoms with Crippen LogP contribution in [0.3, 0.4) is 0 Å². The summed E-state index contributed by atoms with van der Waals surface area (Å²) in [5.41, 5.74) is 0.647. The fourth-order valence-electron chi connectivity index (χ4n) is 1.83. The van der Waals surface area contributed by atoms with Crippen LogP contribution in [0.5, 0.6) is 17.2 Å². The van der Waals surface area contributed by atoms with E-state index in [1.165, 1.54) is 25.4 Å². The Morgan fingerprint density at radius 3 is 2.90 bits per heavy atom. The molecular formula is C12H9N3O4S. The predicted octanol–water partition coefficient (Wildman–Crippen LogP) is 1.47. The van der Waals surface area contributed by atoms with Gasteiger partial charge >= 0.3 is 0 Å². The topological polar surface area (TPSA) is 108 Å². The molecular weight excluding hydrogens is 282 g/mol. The number of hydrogen-bond acceptors (Lipinski definition) is 7. The van der Waals surface area contributed by atoms with Crippen molar-refractivity contribution in [1.29, 1.82) is 0 Å². The summed E-state index contributed by atoms with van der Waals surface area (Å²) >= 11 is 0.880. The van der Waals surface area contributed by atoms with Crippen LogP contribution in [0.15, 0.2) is 23.1 Å². The lowest BCUT2D eigenvalue weighted by Gasteiger charge is -2.09. The van der Waals surface area contributed by atoms with E-state index in [-0.39, 0.29) is 22.0 Å². The van der Waals surface area contributed by atoms with Gasteiger partial charge in [-0.3, -0.25) is 9.89 Å². The molecule has 3 N–H and O–H groups in total. The molecule has 2 heterocycles. The molecule has 8 heteroatoms. The Morgan fingerprint density at radius 1 is 1.35 bits per heavy atom. The van der Waals surface area contributed by atoms with Gasteiger partial charge in [0.1, 0.15) is 5.01 Å². The van der Waals surface area contributed by atoms with Crippen molar-refractivity contribution in [2.75, 3.05) is 7.11 Å². The molecule has 0 saturated carbocycles. The number of methoxy groups -OCH3 is 1. The fourth-order valence-corrected chi connectivity index (χ4v) is 2.68. The molecule has 0 unspecified atom stereocenters. The van der Waals surface area contributed by atoms with E-state index in [9.17, 15) is 15.0 Å². The highest BCUT2D eigenvalue weighted by Crippen LogP contribution is 2.42. The highest BCUT2D eigenvalue weighted by molar-refractivity contribution is 7.13. The monoisotopic (exact) mass is 291 g/mol. The summed E-state index contributed by atoms with van der Waals surface area (Å²) in [4.78, 5) is 16.2. The van der Waals surface area contributed by atoms with E-state index < -0.39 is 0 Å². The summed E-state index contributed by atoms with van der Waals surface area (Å²) in [5.74, 6) is -0.521. The van der Waals surface area contributed by atoms with E-state index in [0.29, 0.717) is 21.6 Å². The average Bonchev–Trinajstić information content (AvgIpc) is 2.88. The number of aromatic amines is 1. The highest BCUT2D eigenvalue weighted by atomic mass is 32.1. The first-order chi connectivity index (χ1) is 9.61. The minimum atomic E-state index is -0.269. The molecule has 0 amide bonds. The van der Waals surface area contributed by atoms with Crippen molar-refractivity contribution in [1.82, 2.24) is 15.2 Å². The Hall–Kier alpha value is -2.61. The molecule has 1 aromatic carbocycles. The number of nitrogens with zero attached hydrogens (tertiary/aromatic N) is 2. The van der Waals surface area contributed by atoms with Crippen LogP contribution in [-0.2, 0) is 0 Å². The van der Waals surface area contributed by atoms with E-state index in [2.05, 4.69) is 15.2 Å². The molecule has 3 rings (SSSR count). The molecule has 0 fully saturated rings. The minimum absolute atomic E-state index is 0.0614. The lowest BCUT2D eigenvalue weighted by molar-refractivity contribution is 0.345. The first kappa shape index (κ1) is 12.4. The number of fused-ring (bicyclic) bond motifs is 1. The minimum Gasteiger partial charge on any atom is -0.504 e. The van der Waals surface area contributed by atoms with Crippen molar-refractivity contribution in [3.63, 3.8) is 0 Å². The number of benzene rings is 1. The molecule has 0 aliphatic heterocycles. The van der Waals surface area contributed by atoms with Crippen molar-refractivity contribution < 1.29 is 14.9 Å². The van der Waals surface area contributed by atoms with E-state index in [1.807, 2.05) is 0 Å². The van der Waals surface area contributed by atoms with Crippen LogP contribution in [0.2, 0.25) is 0 Å². The van der Waals surface area contributed by atoms with Gasteiger partial charge in [-0.1, -0.05) is 11.3 Å². The number of H-pyrrole nitrogens is 1. The van der Waals surface area contributed by atoms with Crippen molar-refractivity contribution in [3.8, 4) is 27.8 Å². The normalized spacial score (nSPS) is 10.8.